The lowest BCUT2D eigenvalue weighted by Gasteiger charge is -2.14. The maximum atomic E-state index is 11.6. The summed E-state index contributed by atoms with van der Waals surface area (Å²) >= 11 is 1.33. The summed E-state index contributed by atoms with van der Waals surface area (Å²) in [6.07, 6.45) is 0. The van der Waals surface area contributed by atoms with E-state index in [0.717, 1.165) is 21.9 Å². The fourth-order valence-corrected chi connectivity index (χ4v) is 2.92. The zero-order chi connectivity index (χ0) is 15.5. The normalized spacial score (nSPS) is 14.1. The zero-order valence-electron chi connectivity index (χ0n) is 12.6. The van der Waals surface area contributed by atoms with E-state index in [-0.39, 0.29) is 6.03 Å². The number of urea groups is 1. The van der Waals surface area contributed by atoms with E-state index in [0.29, 0.717) is 13.1 Å². The summed E-state index contributed by atoms with van der Waals surface area (Å²) in [4.78, 5) is 14.4. The van der Waals surface area contributed by atoms with E-state index in [2.05, 4.69) is 25.2 Å². The van der Waals surface area contributed by atoms with Gasteiger partial charge in [0.2, 0.25) is 0 Å². The summed E-state index contributed by atoms with van der Waals surface area (Å²) in [6, 6.07) is 13.8. The lowest BCUT2D eigenvalue weighted by Crippen LogP contribution is -2.27. The molecule has 5 heteroatoms. The van der Waals surface area contributed by atoms with Gasteiger partial charge in [-0.3, -0.25) is 4.90 Å². The molecule has 114 valence electrons. The summed E-state index contributed by atoms with van der Waals surface area (Å²) < 4.78 is 5.81. The van der Waals surface area contributed by atoms with Gasteiger partial charge in [0.15, 0.2) is 0 Å². The van der Waals surface area contributed by atoms with Crippen LogP contribution in [0.15, 0.2) is 47.4 Å². The molecule has 1 saturated heterocycles. The van der Waals surface area contributed by atoms with E-state index in [1.165, 1.54) is 17.6 Å². The number of carbonyl (C=O) groups is 1. The van der Waals surface area contributed by atoms with Gasteiger partial charge in [0.25, 0.3) is 0 Å². The molecule has 4 nitrogen and oxygen atoms in total. The van der Waals surface area contributed by atoms with Crippen molar-refractivity contribution in [3.63, 3.8) is 0 Å². The molecule has 0 unspecified atom stereocenters. The van der Waals surface area contributed by atoms with Crippen LogP contribution in [0.4, 0.5) is 10.5 Å². The minimum Gasteiger partial charge on any atom is -0.420 e. The zero-order valence-corrected chi connectivity index (χ0v) is 13.4. The molecule has 2 amide bonds. The van der Waals surface area contributed by atoms with Crippen molar-refractivity contribution < 1.29 is 8.98 Å². The van der Waals surface area contributed by atoms with Gasteiger partial charge >= 0.3 is 6.03 Å². The maximum absolute atomic E-state index is 11.6. The second-order valence-electron chi connectivity index (χ2n) is 5.24. The Morgan fingerprint density at radius 2 is 1.91 bits per heavy atom. The largest absolute Gasteiger partial charge is 0.420 e. The highest BCUT2D eigenvalue weighted by Gasteiger charge is 2.20. The summed E-state index contributed by atoms with van der Waals surface area (Å²) in [6.45, 7) is 5.54. The van der Waals surface area contributed by atoms with Crippen molar-refractivity contribution in [1.82, 2.24) is 5.32 Å². The van der Waals surface area contributed by atoms with Crippen molar-refractivity contribution in [2.24, 2.45) is 0 Å². The van der Waals surface area contributed by atoms with Crippen LogP contribution in [0.5, 0.6) is 5.75 Å². The number of hydrogen-bond donors (Lipinski definition) is 1. The number of carbonyl (C=O) groups excluding carboxylic acids is 1. The van der Waals surface area contributed by atoms with Gasteiger partial charge in [-0.05, 0) is 55.3 Å². The van der Waals surface area contributed by atoms with Crippen molar-refractivity contribution in [3.05, 3.63) is 53.6 Å². The Morgan fingerprint density at radius 1 is 1.14 bits per heavy atom. The predicted molar refractivity (Wildman–Crippen MR) is 89.6 cm³/mol. The van der Waals surface area contributed by atoms with Crippen LogP contribution in [-0.2, 0) is 0 Å². The average Bonchev–Trinajstić information content (AvgIpc) is 2.95. The molecule has 0 aromatic heterocycles. The average molecular weight is 314 g/mol. The van der Waals surface area contributed by atoms with Gasteiger partial charge in [0, 0.05) is 23.7 Å². The van der Waals surface area contributed by atoms with E-state index >= 15 is 0 Å². The molecule has 1 heterocycles. The highest BCUT2D eigenvalue weighted by atomic mass is 32.2. The molecule has 3 rings (SSSR count). The number of nitrogens with zero attached hydrogens (tertiary/aromatic N) is 1. The van der Waals surface area contributed by atoms with Crippen molar-refractivity contribution >= 4 is 23.8 Å². The third-order valence-electron chi connectivity index (χ3n) is 3.79. The molecule has 0 radical (unpaired) electrons. The molecular weight excluding hydrogens is 296 g/mol. The highest BCUT2D eigenvalue weighted by molar-refractivity contribution is 7.95. The first-order valence-electron chi connectivity index (χ1n) is 7.21. The van der Waals surface area contributed by atoms with Gasteiger partial charge in [-0.25, -0.2) is 4.79 Å². The molecule has 1 N–H and O–H groups in total. The monoisotopic (exact) mass is 314 g/mol. The van der Waals surface area contributed by atoms with Crippen LogP contribution in [0.1, 0.15) is 11.1 Å². The van der Waals surface area contributed by atoms with E-state index < -0.39 is 0 Å². The van der Waals surface area contributed by atoms with Crippen LogP contribution in [-0.4, -0.2) is 19.1 Å². The van der Waals surface area contributed by atoms with E-state index in [1.54, 1.807) is 4.90 Å². The lowest BCUT2D eigenvalue weighted by molar-refractivity contribution is 0.252. The summed E-state index contributed by atoms with van der Waals surface area (Å²) in [5.74, 6) is 0.882. The Kier molecular flexibility index (Phi) is 4.24. The van der Waals surface area contributed by atoms with Crippen LogP contribution < -0.4 is 14.4 Å². The third kappa shape index (κ3) is 3.04. The molecule has 1 aliphatic heterocycles. The molecule has 0 bridgehead atoms. The number of rotatable bonds is 4. The van der Waals surface area contributed by atoms with Gasteiger partial charge in [-0.15, -0.1) is 0 Å². The molecule has 2 aromatic rings. The minimum absolute atomic E-state index is 0.0351. The first kappa shape index (κ1) is 14.8. The van der Waals surface area contributed by atoms with Crippen LogP contribution >= 0.6 is 12.0 Å². The van der Waals surface area contributed by atoms with Crippen LogP contribution in [0.25, 0.3) is 0 Å². The third-order valence-corrected chi connectivity index (χ3v) is 4.52. The lowest BCUT2D eigenvalue weighted by atomic mass is 10.1. The Labute approximate surface area is 134 Å². The minimum atomic E-state index is -0.0351. The van der Waals surface area contributed by atoms with Gasteiger partial charge < -0.3 is 9.50 Å². The van der Waals surface area contributed by atoms with E-state index in [9.17, 15) is 4.79 Å². The molecule has 0 spiro atoms. The van der Waals surface area contributed by atoms with Gasteiger partial charge in [-0.2, -0.15) is 0 Å². The quantitative estimate of drug-likeness (QED) is 0.870. The molecule has 0 saturated carbocycles. The summed E-state index contributed by atoms with van der Waals surface area (Å²) in [7, 11) is 0. The topological polar surface area (TPSA) is 41.6 Å². The van der Waals surface area contributed by atoms with E-state index in [1.807, 2.05) is 36.4 Å². The SMILES string of the molecule is Cc1cccc(OSc2ccc(N3CCNC3=O)cc2)c1C. The Morgan fingerprint density at radius 3 is 2.59 bits per heavy atom. The smallest absolute Gasteiger partial charge is 0.321 e. The Balaban J connectivity index is 1.66. The number of nitrogens with one attached hydrogen (secondary N) is 1. The number of aryl methyl sites for hydroxylation is 1. The summed E-state index contributed by atoms with van der Waals surface area (Å²) in [5, 5.41) is 2.80. The van der Waals surface area contributed by atoms with Gasteiger partial charge in [-0.1, -0.05) is 12.1 Å². The first-order valence-corrected chi connectivity index (χ1v) is 7.95. The van der Waals surface area contributed by atoms with Gasteiger partial charge in [0.05, 0.1) is 12.0 Å². The number of hydrogen-bond acceptors (Lipinski definition) is 3. The fraction of sp³-hybridized carbons (Fsp3) is 0.235. The van der Waals surface area contributed by atoms with E-state index in [4.69, 9.17) is 4.18 Å². The number of anilines is 1. The second-order valence-corrected chi connectivity index (χ2v) is 6.05. The molecule has 0 atom stereocenters. The first-order chi connectivity index (χ1) is 10.6. The standard InChI is InChI=1S/C17H18N2O2S/c1-12-4-3-5-16(13(12)2)21-22-15-8-6-14(7-9-15)19-11-10-18-17(19)20/h3-9H,10-11H2,1-2H3,(H,18,20). The van der Waals surface area contributed by atoms with Crippen molar-refractivity contribution in [1.29, 1.82) is 0 Å². The molecule has 2 aromatic carbocycles. The van der Waals surface area contributed by atoms with Crippen molar-refractivity contribution in [3.8, 4) is 5.75 Å². The maximum Gasteiger partial charge on any atom is 0.321 e. The van der Waals surface area contributed by atoms with Crippen molar-refractivity contribution in [2.75, 3.05) is 18.0 Å². The summed E-state index contributed by atoms with van der Waals surface area (Å²) in [5.41, 5.74) is 3.28. The van der Waals surface area contributed by atoms with Crippen LogP contribution in [0.3, 0.4) is 0 Å². The molecular formula is C17H18N2O2S. The Hall–Kier alpha value is -2.14. The second kappa shape index (κ2) is 6.32. The van der Waals surface area contributed by atoms with Gasteiger partial charge in [0.1, 0.15) is 5.75 Å². The highest BCUT2D eigenvalue weighted by Crippen LogP contribution is 2.29. The predicted octanol–water partition coefficient (Wildman–Crippen LogP) is 3.92. The molecule has 22 heavy (non-hydrogen) atoms. The molecule has 1 fully saturated rings. The Bertz CT molecular complexity index is 686. The molecule has 1 aliphatic rings. The fourth-order valence-electron chi connectivity index (χ4n) is 2.31. The van der Waals surface area contributed by atoms with Crippen LogP contribution in [0, 0.1) is 13.8 Å². The molecule has 0 aliphatic carbocycles. The number of benzene rings is 2. The van der Waals surface area contributed by atoms with Crippen molar-refractivity contribution in [2.45, 2.75) is 18.7 Å². The number of amides is 2. The van der Waals surface area contributed by atoms with Crippen LogP contribution in [0.2, 0.25) is 0 Å².